The topological polar surface area (TPSA) is 175 Å². The van der Waals surface area contributed by atoms with E-state index in [0.717, 1.165) is 5.56 Å². The molecule has 0 aliphatic carbocycles. The molecule has 184 valence electrons. The molecule has 0 fully saturated rings. The molecule has 4 rings (SSSR count). The van der Waals surface area contributed by atoms with Crippen LogP contribution in [0.5, 0.6) is 5.75 Å². The van der Waals surface area contributed by atoms with Gasteiger partial charge >= 0.3 is 0 Å². The third-order valence-corrected chi connectivity index (χ3v) is 4.97. The Labute approximate surface area is 205 Å². The molecular weight excluding hydrogens is 466 g/mol. The van der Waals surface area contributed by atoms with Gasteiger partial charge in [0.15, 0.2) is 5.69 Å². The van der Waals surface area contributed by atoms with Gasteiger partial charge in [-0.3, -0.25) is 9.59 Å². The van der Waals surface area contributed by atoms with Gasteiger partial charge in [-0.1, -0.05) is 17.3 Å². The van der Waals surface area contributed by atoms with Gasteiger partial charge < -0.3 is 15.8 Å². The molecule has 0 aliphatic rings. The zero-order valence-corrected chi connectivity index (χ0v) is 19.7. The molecule has 0 unspecified atom stereocenters. The minimum absolute atomic E-state index is 0.0147. The minimum Gasteiger partial charge on any atom is -0.494 e. The summed E-state index contributed by atoms with van der Waals surface area (Å²) in [6.07, 6.45) is 0. The van der Waals surface area contributed by atoms with Crippen molar-refractivity contribution >= 4 is 29.0 Å². The highest BCUT2D eigenvalue weighted by Crippen LogP contribution is 2.28. The Morgan fingerprint density at radius 1 is 1.08 bits per heavy atom. The maximum absolute atomic E-state index is 13.1. The zero-order valence-electron chi connectivity index (χ0n) is 19.7. The molecule has 2 amide bonds. The van der Waals surface area contributed by atoms with Gasteiger partial charge in [-0.15, -0.1) is 5.10 Å². The Morgan fingerprint density at radius 3 is 2.42 bits per heavy atom. The maximum atomic E-state index is 13.1. The molecule has 0 bridgehead atoms. The highest BCUT2D eigenvalue weighted by atomic mass is 16.6. The summed E-state index contributed by atoms with van der Waals surface area (Å²) in [4.78, 5) is 24.3. The average molecular weight is 489 g/mol. The summed E-state index contributed by atoms with van der Waals surface area (Å²) in [7, 11) is 0. The van der Waals surface area contributed by atoms with Crippen LogP contribution in [0.1, 0.15) is 36.8 Å². The number of ether oxygens (including phenoxy) is 1. The van der Waals surface area contributed by atoms with Crippen LogP contribution in [0, 0.1) is 0 Å². The highest BCUT2D eigenvalue weighted by Gasteiger charge is 2.25. The molecule has 0 aliphatic heterocycles. The van der Waals surface area contributed by atoms with E-state index in [1.165, 1.54) is 11.6 Å². The lowest BCUT2D eigenvalue weighted by Crippen LogP contribution is -2.21. The van der Waals surface area contributed by atoms with Crippen molar-refractivity contribution < 1.29 is 19.0 Å². The summed E-state index contributed by atoms with van der Waals surface area (Å²) in [6, 6.07) is 14.1. The first kappa shape index (κ1) is 24.1. The van der Waals surface area contributed by atoms with E-state index in [4.69, 9.17) is 10.5 Å². The normalized spacial score (nSPS) is 11.2. The number of hydrogen-bond acceptors (Lipinski definition) is 10. The van der Waals surface area contributed by atoms with Crippen molar-refractivity contribution in [2.45, 2.75) is 20.8 Å². The van der Waals surface area contributed by atoms with Gasteiger partial charge in [0.2, 0.25) is 17.5 Å². The van der Waals surface area contributed by atoms with Gasteiger partial charge in [0.1, 0.15) is 11.4 Å². The molecule has 0 radical (unpaired) electrons. The van der Waals surface area contributed by atoms with Crippen LogP contribution in [0.25, 0.3) is 17.1 Å². The van der Waals surface area contributed by atoms with Gasteiger partial charge in [-0.25, -0.2) is 10.1 Å². The fourth-order valence-corrected chi connectivity index (χ4v) is 3.31. The lowest BCUT2D eigenvalue weighted by atomic mass is 10.1. The van der Waals surface area contributed by atoms with Crippen LogP contribution in [-0.4, -0.2) is 49.4 Å². The quantitative estimate of drug-likeness (QED) is 0.248. The van der Waals surface area contributed by atoms with E-state index in [2.05, 4.69) is 41.1 Å². The van der Waals surface area contributed by atoms with Crippen LogP contribution >= 0.6 is 0 Å². The van der Waals surface area contributed by atoms with E-state index >= 15 is 0 Å². The van der Waals surface area contributed by atoms with Crippen molar-refractivity contribution in [2.24, 2.45) is 5.10 Å². The molecular formula is C23H23N9O4. The van der Waals surface area contributed by atoms with E-state index in [-0.39, 0.29) is 23.2 Å². The third kappa shape index (κ3) is 5.19. The Kier molecular flexibility index (Phi) is 6.99. The second-order valence-electron chi connectivity index (χ2n) is 7.53. The van der Waals surface area contributed by atoms with Crippen molar-refractivity contribution in [3.05, 3.63) is 59.8 Å². The highest BCUT2D eigenvalue weighted by molar-refractivity contribution is 6.02. The van der Waals surface area contributed by atoms with Gasteiger partial charge in [0.05, 0.1) is 12.3 Å². The molecule has 2 aromatic carbocycles. The van der Waals surface area contributed by atoms with E-state index in [9.17, 15) is 9.59 Å². The van der Waals surface area contributed by atoms with Crippen molar-refractivity contribution in [2.75, 3.05) is 17.7 Å². The Hall–Kier alpha value is -5.07. The van der Waals surface area contributed by atoms with E-state index in [0.29, 0.717) is 35.0 Å². The second-order valence-corrected chi connectivity index (χ2v) is 7.53. The molecule has 0 saturated carbocycles. The zero-order chi connectivity index (χ0) is 25.7. The Balaban J connectivity index is 1.63. The lowest BCUT2D eigenvalue weighted by Gasteiger charge is -2.08. The molecule has 13 nitrogen and oxygen atoms in total. The SMILES string of the molecule is CCOc1ccc(-c2c(C(=O)NN=C(C)c3ccc(NC(C)=O)cc3)nnn2-c2nonc2N)cc1. The first-order valence-corrected chi connectivity index (χ1v) is 10.9. The van der Waals surface area contributed by atoms with Gasteiger partial charge in [-0.2, -0.15) is 9.78 Å². The van der Waals surface area contributed by atoms with E-state index in [1.807, 2.05) is 6.92 Å². The van der Waals surface area contributed by atoms with Crippen LogP contribution in [0.3, 0.4) is 0 Å². The van der Waals surface area contributed by atoms with Crippen LogP contribution < -0.4 is 21.2 Å². The van der Waals surface area contributed by atoms with E-state index in [1.54, 1.807) is 55.5 Å². The van der Waals surface area contributed by atoms with Crippen molar-refractivity contribution in [1.29, 1.82) is 0 Å². The molecule has 0 spiro atoms. The van der Waals surface area contributed by atoms with Crippen LogP contribution in [0.4, 0.5) is 11.5 Å². The summed E-state index contributed by atoms with van der Waals surface area (Å²) in [5.74, 6) is -0.0343. The number of aromatic nitrogens is 5. The van der Waals surface area contributed by atoms with Gasteiger partial charge in [0.25, 0.3) is 5.91 Å². The average Bonchev–Trinajstić information content (AvgIpc) is 3.49. The first-order chi connectivity index (χ1) is 17.4. The summed E-state index contributed by atoms with van der Waals surface area (Å²) in [5.41, 5.74) is 11.2. The third-order valence-electron chi connectivity index (χ3n) is 4.97. The number of nitrogens with one attached hydrogen (secondary N) is 2. The molecule has 2 heterocycles. The molecule has 0 saturated heterocycles. The fraction of sp³-hybridized carbons (Fsp3) is 0.174. The predicted octanol–water partition coefficient (Wildman–Crippen LogP) is 2.41. The second kappa shape index (κ2) is 10.5. The number of hydrazone groups is 1. The number of amides is 2. The summed E-state index contributed by atoms with van der Waals surface area (Å²) in [5, 5.41) is 22.3. The molecule has 0 atom stereocenters. The number of benzene rings is 2. The van der Waals surface area contributed by atoms with Crippen molar-refractivity contribution in [3.8, 4) is 22.8 Å². The monoisotopic (exact) mass is 489 g/mol. The maximum Gasteiger partial charge on any atom is 0.294 e. The van der Waals surface area contributed by atoms with Gasteiger partial charge in [0, 0.05) is 18.2 Å². The summed E-state index contributed by atoms with van der Waals surface area (Å²) in [6.45, 7) is 5.57. The number of nitrogens with two attached hydrogens (primary N) is 1. The standard InChI is InChI=1S/C23H23N9O4/c1-4-35-18-11-7-16(8-12-18)20-19(27-31-32(20)22-21(24)29-36-30-22)23(34)28-26-13(2)15-5-9-17(10-6-15)25-14(3)33/h5-12H,4H2,1-3H3,(H2,24,29)(H,25,33)(H,28,34). The molecule has 36 heavy (non-hydrogen) atoms. The number of hydrogen-bond donors (Lipinski definition) is 3. The first-order valence-electron chi connectivity index (χ1n) is 10.9. The van der Waals surface area contributed by atoms with Crippen LogP contribution in [0.15, 0.2) is 58.3 Å². The number of anilines is 2. The summed E-state index contributed by atoms with van der Waals surface area (Å²) >= 11 is 0. The number of nitrogens with zero attached hydrogens (tertiary/aromatic N) is 6. The lowest BCUT2D eigenvalue weighted by molar-refractivity contribution is -0.114. The van der Waals surface area contributed by atoms with Crippen LogP contribution in [-0.2, 0) is 4.79 Å². The fourth-order valence-electron chi connectivity index (χ4n) is 3.31. The van der Waals surface area contributed by atoms with Crippen molar-refractivity contribution in [1.82, 2.24) is 30.7 Å². The minimum atomic E-state index is -0.602. The molecule has 13 heteroatoms. The molecule has 4 aromatic rings. The molecule has 2 aromatic heterocycles. The smallest absolute Gasteiger partial charge is 0.294 e. The summed E-state index contributed by atoms with van der Waals surface area (Å²) < 4.78 is 11.5. The number of carbonyl (C=O) groups excluding carboxylic acids is 2. The Morgan fingerprint density at radius 2 is 1.81 bits per heavy atom. The largest absolute Gasteiger partial charge is 0.494 e. The van der Waals surface area contributed by atoms with Crippen LogP contribution in [0.2, 0.25) is 0 Å². The number of carbonyl (C=O) groups is 2. The Bertz CT molecular complexity index is 1410. The molecule has 4 N–H and O–H groups in total. The van der Waals surface area contributed by atoms with Crippen molar-refractivity contribution in [3.63, 3.8) is 0 Å². The van der Waals surface area contributed by atoms with E-state index < -0.39 is 5.91 Å². The number of nitrogen functional groups attached to an aromatic ring is 1. The predicted molar refractivity (Wildman–Crippen MR) is 131 cm³/mol. The number of rotatable bonds is 8. The van der Waals surface area contributed by atoms with Gasteiger partial charge in [-0.05, 0) is 66.1 Å².